The maximum atomic E-state index is 9.62. The van der Waals surface area contributed by atoms with Crippen LogP contribution in [-0.2, 0) is 16.5 Å². The number of anilines is 1. The van der Waals surface area contributed by atoms with E-state index in [1.54, 1.807) is 10.9 Å². The number of aliphatic hydroxyl groups is 1. The first-order chi connectivity index (χ1) is 8.22. The second-order valence-electron chi connectivity index (χ2n) is 3.71. The summed E-state index contributed by atoms with van der Waals surface area (Å²) in [6.45, 7) is 4.46. The average molecular weight is 243 g/mol. The summed E-state index contributed by atoms with van der Waals surface area (Å²) >= 11 is 0. The third-order valence-electron chi connectivity index (χ3n) is 2.13. The Morgan fingerprint density at radius 1 is 1.47 bits per heavy atom. The second kappa shape index (κ2) is 8.05. The van der Waals surface area contributed by atoms with Crippen molar-refractivity contribution in [1.82, 2.24) is 9.78 Å². The summed E-state index contributed by atoms with van der Waals surface area (Å²) in [5, 5.41) is 16.7. The maximum absolute atomic E-state index is 9.62. The molecule has 1 heterocycles. The normalized spacial score (nSPS) is 12.6. The first-order valence-electron chi connectivity index (χ1n) is 5.78. The molecule has 0 aliphatic rings. The highest BCUT2D eigenvalue weighted by molar-refractivity contribution is 5.37. The molecule has 0 fully saturated rings. The van der Waals surface area contributed by atoms with E-state index in [-0.39, 0.29) is 0 Å². The lowest BCUT2D eigenvalue weighted by Crippen LogP contribution is -2.25. The highest BCUT2D eigenvalue weighted by Gasteiger charge is 2.04. The monoisotopic (exact) mass is 243 g/mol. The van der Waals surface area contributed by atoms with E-state index in [9.17, 15) is 5.11 Å². The van der Waals surface area contributed by atoms with Crippen LogP contribution in [0.25, 0.3) is 0 Å². The van der Waals surface area contributed by atoms with Crippen molar-refractivity contribution in [3.8, 4) is 0 Å². The summed E-state index contributed by atoms with van der Waals surface area (Å²) in [7, 11) is 1.85. The molecular formula is C11H21N3O3. The molecule has 0 bridgehead atoms. The summed E-state index contributed by atoms with van der Waals surface area (Å²) < 4.78 is 12.1. The Kier molecular flexibility index (Phi) is 6.61. The van der Waals surface area contributed by atoms with Crippen molar-refractivity contribution in [1.29, 1.82) is 0 Å². The molecule has 0 spiro atoms. The Hall–Kier alpha value is -1.11. The third kappa shape index (κ3) is 6.25. The molecule has 0 aromatic carbocycles. The number of hydrogen-bond donors (Lipinski definition) is 2. The summed E-state index contributed by atoms with van der Waals surface area (Å²) in [6.07, 6.45) is 3.03. The third-order valence-corrected chi connectivity index (χ3v) is 2.13. The van der Waals surface area contributed by atoms with Crippen molar-refractivity contribution in [2.24, 2.45) is 7.05 Å². The van der Waals surface area contributed by atoms with Crippen LogP contribution < -0.4 is 5.32 Å². The SMILES string of the molecule is CCOCCOCC(O)CNc1cnn(C)c1. The Morgan fingerprint density at radius 2 is 2.24 bits per heavy atom. The molecule has 1 rings (SSSR count). The van der Waals surface area contributed by atoms with E-state index >= 15 is 0 Å². The van der Waals surface area contributed by atoms with Crippen molar-refractivity contribution in [2.45, 2.75) is 13.0 Å². The molecule has 17 heavy (non-hydrogen) atoms. The minimum atomic E-state index is -0.531. The van der Waals surface area contributed by atoms with Crippen LogP contribution in [0, 0.1) is 0 Å². The molecule has 1 aromatic rings. The zero-order chi connectivity index (χ0) is 12.5. The molecule has 1 atom stereocenters. The number of nitrogens with one attached hydrogen (secondary N) is 1. The predicted octanol–water partition coefficient (Wildman–Crippen LogP) is 0.246. The molecule has 98 valence electrons. The van der Waals surface area contributed by atoms with Crippen LogP contribution in [0.2, 0.25) is 0 Å². The van der Waals surface area contributed by atoms with Gasteiger partial charge in [0.2, 0.25) is 0 Å². The van der Waals surface area contributed by atoms with E-state index in [0.29, 0.717) is 33.0 Å². The summed E-state index contributed by atoms with van der Waals surface area (Å²) in [6, 6.07) is 0. The smallest absolute Gasteiger partial charge is 0.0945 e. The highest BCUT2D eigenvalue weighted by atomic mass is 16.5. The van der Waals surface area contributed by atoms with Crippen molar-refractivity contribution < 1.29 is 14.6 Å². The van der Waals surface area contributed by atoms with Crippen LogP contribution >= 0.6 is 0 Å². The first kappa shape index (κ1) is 14.0. The van der Waals surface area contributed by atoms with Gasteiger partial charge in [0.25, 0.3) is 0 Å². The van der Waals surface area contributed by atoms with Crippen molar-refractivity contribution in [2.75, 3.05) is 38.3 Å². The van der Waals surface area contributed by atoms with Gasteiger partial charge in [0.1, 0.15) is 0 Å². The van der Waals surface area contributed by atoms with Crippen LogP contribution in [0.3, 0.4) is 0 Å². The van der Waals surface area contributed by atoms with Crippen molar-refractivity contribution >= 4 is 5.69 Å². The van der Waals surface area contributed by atoms with Gasteiger partial charge in [0, 0.05) is 26.4 Å². The molecular weight excluding hydrogens is 222 g/mol. The average Bonchev–Trinajstić information content (AvgIpc) is 2.72. The number of aromatic nitrogens is 2. The van der Waals surface area contributed by atoms with Crippen LogP contribution in [0.15, 0.2) is 12.4 Å². The van der Waals surface area contributed by atoms with Gasteiger partial charge < -0.3 is 19.9 Å². The minimum Gasteiger partial charge on any atom is -0.389 e. The lowest BCUT2D eigenvalue weighted by molar-refractivity contribution is 0.0103. The predicted molar refractivity (Wildman–Crippen MR) is 65.0 cm³/mol. The standard InChI is InChI=1S/C11H21N3O3/c1-3-16-4-5-17-9-11(15)7-12-10-6-13-14(2)8-10/h6,8,11-12,15H,3-5,7,9H2,1-2H3. The van der Waals surface area contributed by atoms with E-state index < -0.39 is 6.10 Å². The number of nitrogens with zero attached hydrogens (tertiary/aromatic N) is 2. The van der Waals surface area contributed by atoms with Crippen molar-refractivity contribution in [3.05, 3.63) is 12.4 Å². The number of rotatable bonds is 9. The zero-order valence-corrected chi connectivity index (χ0v) is 10.4. The fourth-order valence-electron chi connectivity index (χ4n) is 1.29. The van der Waals surface area contributed by atoms with Gasteiger partial charge in [-0.15, -0.1) is 0 Å². The molecule has 2 N–H and O–H groups in total. The summed E-state index contributed by atoms with van der Waals surface area (Å²) in [5.74, 6) is 0. The van der Waals surface area contributed by atoms with Gasteiger partial charge in [0.05, 0.1) is 37.8 Å². The molecule has 1 unspecified atom stereocenters. The fraction of sp³-hybridized carbons (Fsp3) is 0.727. The molecule has 0 saturated carbocycles. The molecule has 0 radical (unpaired) electrons. The van der Waals surface area contributed by atoms with E-state index in [4.69, 9.17) is 9.47 Å². The van der Waals surface area contributed by atoms with Gasteiger partial charge >= 0.3 is 0 Å². The lowest BCUT2D eigenvalue weighted by atomic mass is 10.3. The minimum absolute atomic E-state index is 0.306. The van der Waals surface area contributed by atoms with Gasteiger partial charge in [-0.2, -0.15) is 5.10 Å². The van der Waals surface area contributed by atoms with E-state index in [1.807, 2.05) is 20.2 Å². The van der Waals surface area contributed by atoms with E-state index in [1.165, 1.54) is 0 Å². The number of hydrogen-bond acceptors (Lipinski definition) is 5. The van der Waals surface area contributed by atoms with Crippen LogP contribution in [-0.4, -0.2) is 54.0 Å². The second-order valence-corrected chi connectivity index (χ2v) is 3.71. The Morgan fingerprint density at radius 3 is 2.88 bits per heavy atom. The zero-order valence-electron chi connectivity index (χ0n) is 10.4. The molecule has 0 amide bonds. The molecule has 6 nitrogen and oxygen atoms in total. The largest absolute Gasteiger partial charge is 0.389 e. The van der Waals surface area contributed by atoms with Gasteiger partial charge in [0.15, 0.2) is 0 Å². The van der Waals surface area contributed by atoms with Gasteiger partial charge in [-0.05, 0) is 6.92 Å². The maximum Gasteiger partial charge on any atom is 0.0945 e. The topological polar surface area (TPSA) is 68.5 Å². The fourth-order valence-corrected chi connectivity index (χ4v) is 1.29. The van der Waals surface area contributed by atoms with Gasteiger partial charge in [-0.1, -0.05) is 0 Å². The molecule has 0 aliphatic carbocycles. The molecule has 0 aliphatic heterocycles. The van der Waals surface area contributed by atoms with Gasteiger partial charge in [-0.25, -0.2) is 0 Å². The number of aliphatic hydroxyl groups excluding tert-OH is 1. The Balaban J connectivity index is 2.03. The first-order valence-corrected chi connectivity index (χ1v) is 5.78. The quantitative estimate of drug-likeness (QED) is 0.608. The number of ether oxygens (including phenoxy) is 2. The van der Waals surface area contributed by atoms with Crippen LogP contribution in [0.4, 0.5) is 5.69 Å². The molecule has 1 aromatic heterocycles. The highest BCUT2D eigenvalue weighted by Crippen LogP contribution is 2.03. The lowest BCUT2D eigenvalue weighted by Gasteiger charge is -2.12. The summed E-state index contributed by atoms with van der Waals surface area (Å²) in [4.78, 5) is 0. The van der Waals surface area contributed by atoms with Crippen LogP contribution in [0.5, 0.6) is 0 Å². The van der Waals surface area contributed by atoms with Gasteiger partial charge in [-0.3, -0.25) is 4.68 Å². The summed E-state index contributed by atoms with van der Waals surface area (Å²) in [5.41, 5.74) is 0.890. The number of aryl methyl sites for hydroxylation is 1. The molecule has 6 heteroatoms. The van der Waals surface area contributed by atoms with Crippen molar-refractivity contribution in [3.63, 3.8) is 0 Å². The van der Waals surface area contributed by atoms with E-state index in [2.05, 4.69) is 10.4 Å². The van der Waals surface area contributed by atoms with Crippen LogP contribution in [0.1, 0.15) is 6.92 Å². The molecule has 0 saturated heterocycles. The Labute approximate surface area is 102 Å². The van der Waals surface area contributed by atoms with E-state index in [0.717, 1.165) is 5.69 Å². The Bertz CT molecular complexity index is 304.